The van der Waals surface area contributed by atoms with E-state index < -0.39 is 0 Å². The number of hydrogen-bond donors (Lipinski definition) is 1. The Balaban J connectivity index is 1.76. The first-order valence-electron chi connectivity index (χ1n) is 6.77. The molecular formula is C16H11N3O2S. The minimum Gasteiger partial charge on any atom is -0.507 e. The Bertz CT molecular complexity index is 883. The number of anilines is 1. The summed E-state index contributed by atoms with van der Waals surface area (Å²) >= 11 is 1.42. The molecule has 0 spiro atoms. The predicted octanol–water partition coefficient (Wildman–Crippen LogP) is 3.14. The van der Waals surface area contributed by atoms with E-state index in [0.29, 0.717) is 16.4 Å². The smallest absolute Gasteiger partial charge is 0.255 e. The highest BCUT2D eigenvalue weighted by molar-refractivity contribution is 7.22. The average molecular weight is 309 g/mol. The van der Waals surface area contributed by atoms with Gasteiger partial charge >= 0.3 is 0 Å². The van der Waals surface area contributed by atoms with Crippen LogP contribution in [0.25, 0.3) is 10.2 Å². The number of carbonyl (C=O) groups is 1. The SMILES string of the molecule is O=C1CC(c2ccccc2O)=NN1c1nc2ccccc2s1. The topological polar surface area (TPSA) is 65.8 Å². The number of carbonyl (C=O) groups excluding carboxylic acids is 1. The third kappa shape index (κ3) is 2.05. The van der Waals surface area contributed by atoms with Crippen molar-refractivity contribution in [3.8, 4) is 5.75 Å². The second-order valence-corrected chi connectivity index (χ2v) is 5.92. The van der Waals surface area contributed by atoms with Crippen molar-refractivity contribution in [2.45, 2.75) is 6.42 Å². The first kappa shape index (κ1) is 13.0. The van der Waals surface area contributed by atoms with Crippen LogP contribution in [-0.4, -0.2) is 21.7 Å². The molecule has 0 radical (unpaired) electrons. The molecule has 0 fully saturated rings. The Hall–Kier alpha value is -2.73. The van der Waals surface area contributed by atoms with Gasteiger partial charge in [-0.05, 0) is 24.3 Å². The van der Waals surface area contributed by atoms with Crippen molar-refractivity contribution >= 4 is 38.3 Å². The quantitative estimate of drug-likeness (QED) is 0.791. The van der Waals surface area contributed by atoms with Crippen LogP contribution in [0.15, 0.2) is 53.6 Å². The zero-order valence-electron chi connectivity index (χ0n) is 11.4. The van der Waals surface area contributed by atoms with Gasteiger partial charge in [0, 0.05) is 5.56 Å². The summed E-state index contributed by atoms with van der Waals surface area (Å²) in [5.74, 6) is -0.0162. The molecule has 0 saturated carbocycles. The van der Waals surface area contributed by atoms with Gasteiger partial charge in [0.05, 0.1) is 22.3 Å². The molecule has 0 bridgehead atoms. The van der Waals surface area contributed by atoms with Crippen molar-refractivity contribution in [3.63, 3.8) is 0 Å². The van der Waals surface area contributed by atoms with Gasteiger partial charge < -0.3 is 5.11 Å². The van der Waals surface area contributed by atoms with Crippen molar-refractivity contribution in [3.05, 3.63) is 54.1 Å². The van der Waals surface area contributed by atoms with Gasteiger partial charge in [0.15, 0.2) is 0 Å². The average Bonchev–Trinajstić information content (AvgIpc) is 3.10. The summed E-state index contributed by atoms with van der Waals surface area (Å²) in [5, 5.41) is 16.1. The zero-order valence-corrected chi connectivity index (χ0v) is 12.2. The van der Waals surface area contributed by atoms with Gasteiger partial charge in [-0.2, -0.15) is 10.1 Å². The maximum Gasteiger partial charge on any atom is 0.255 e. The van der Waals surface area contributed by atoms with E-state index >= 15 is 0 Å². The first-order chi connectivity index (χ1) is 10.7. The highest BCUT2D eigenvalue weighted by Gasteiger charge is 2.29. The summed E-state index contributed by atoms with van der Waals surface area (Å²) in [5.41, 5.74) is 1.99. The molecule has 2 aromatic carbocycles. The predicted molar refractivity (Wildman–Crippen MR) is 86.4 cm³/mol. The number of benzene rings is 2. The number of nitrogens with zero attached hydrogens (tertiary/aromatic N) is 3. The lowest BCUT2D eigenvalue weighted by Crippen LogP contribution is -2.19. The summed E-state index contributed by atoms with van der Waals surface area (Å²) in [6, 6.07) is 14.6. The van der Waals surface area contributed by atoms with Crippen molar-refractivity contribution in [2.24, 2.45) is 5.10 Å². The van der Waals surface area contributed by atoms with E-state index in [1.807, 2.05) is 30.3 Å². The molecule has 1 aliphatic heterocycles. The van der Waals surface area contributed by atoms with Crippen molar-refractivity contribution in [1.29, 1.82) is 0 Å². The number of aromatic hydroxyl groups is 1. The fraction of sp³-hybridized carbons (Fsp3) is 0.0625. The van der Waals surface area contributed by atoms with Crippen LogP contribution in [-0.2, 0) is 4.79 Å². The molecule has 1 N–H and O–H groups in total. The van der Waals surface area contributed by atoms with E-state index in [4.69, 9.17) is 0 Å². The number of phenols is 1. The minimum absolute atomic E-state index is 0.125. The second kappa shape index (κ2) is 4.92. The van der Waals surface area contributed by atoms with E-state index in [0.717, 1.165) is 10.2 Å². The molecule has 1 aromatic heterocycles. The van der Waals surface area contributed by atoms with Crippen LogP contribution in [0.4, 0.5) is 5.13 Å². The number of rotatable bonds is 2. The molecule has 1 amide bonds. The van der Waals surface area contributed by atoms with Crippen molar-refractivity contribution in [2.75, 3.05) is 5.01 Å². The van der Waals surface area contributed by atoms with Gasteiger partial charge in [-0.25, -0.2) is 4.98 Å². The van der Waals surface area contributed by atoms with Gasteiger partial charge in [0.2, 0.25) is 5.13 Å². The lowest BCUT2D eigenvalue weighted by molar-refractivity contribution is -0.116. The third-order valence-electron chi connectivity index (χ3n) is 3.45. The zero-order chi connectivity index (χ0) is 15.1. The van der Waals surface area contributed by atoms with Crippen LogP contribution in [0.2, 0.25) is 0 Å². The van der Waals surface area contributed by atoms with Gasteiger partial charge in [0.1, 0.15) is 5.75 Å². The summed E-state index contributed by atoms with van der Waals surface area (Å²) in [6.07, 6.45) is 0.160. The van der Waals surface area contributed by atoms with Gasteiger partial charge in [-0.15, -0.1) is 0 Å². The number of hydrazone groups is 1. The highest BCUT2D eigenvalue weighted by Crippen LogP contribution is 2.32. The number of phenolic OH excluding ortho intramolecular Hbond substituents is 1. The molecule has 3 aromatic rings. The Morgan fingerprint density at radius 3 is 2.68 bits per heavy atom. The summed E-state index contributed by atoms with van der Waals surface area (Å²) in [7, 11) is 0. The third-order valence-corrected chi connectivity index (χ3v) is 4.47. The molecule has 108 valence electrons. The van der Waals surface area contributed by atoms with Crippen LogP contribution < -0.4 is 5.01 Å². The number of hydrogen-bond acceptors (Lipinski definition) is 5. The van der Waals surface area contributed by atoms with E-state index in [1.165, 1.54) is 16.3 Å². The van der Waals surface area contributed by atoms with E-state index in [-0.39, 0.29) is 18.1 Å². The van der Waals surface area contributed by atoms with Crippen molar-refractivity contribution < 1.29 is 9.90 Å². The number of para-hydroxylation sites is 2. The van der Waals surface area contributed by atoms with Crippen LogP contribution in [0.3, 0.4) is 0 Å². The Morgan fingerprint density at radius 2 is 1.86 bits per heavy atom. The Morgan fingerprint density at radius 1 is 1.09 bits per heavy atom. The fourth-order valence-electron chi connectivity index (χ4n) is 2.40. The molecule has 6 heteroatoms. The molecule has 4 rings (SSSR count). The highest BCUT2D eigenvalue weighted by atomic mass is 32.1. The molecule has 2 heterocycles. The van der Waals surface area contributed by atoms with E-state index in [9.17, 15) is 9.90 Å². The van der Waals surface area contributed by atoms with Crippen LogP contribution in [0.1, 0.15) is 12.0 Å². The van der Waals surface area contributed by atoms with Gasteiger partial charge in [-0.1, -0.05) is 35.6 Å². The maximum atomic E-state index is 12.2. The molecule has 22 heavy (non-hydrogen) atoms. The molecule has 0 saturated heterocycles. The normalized spacial score (nSPS) is 14.6. The van der Waals surface area contributed by atoms with Gasteiger partial charge in [0.25, 0.3) is 5.91 Å². The number of aromatic nitrogens is 1. The largest absolute Gasteiger partial charge is 0.507 e. The van der Waals surface area contributed by atoms with Crippen LogP contribution >= 0.6 is 11.3 Å². The Labute approximate surface area is 130 Å². The molecule has 5 nitrogen and oxygen atoms in total. The van der Waals surface area contributed by atoms with Crippen LogP contribution in [0, 0.1) is 0 Å². The maximum absolute atomic E-state index is 12.2. The van der Waals surface area contributed by atoms with E-state index in [1.54, 1.807) is 18.2 Å². The molecule has 0 atom stereocenters. The summed E-state index contributed by atoms with van der Waals surface area (Å²) < 4.78 is 1.01. The van der Waals surface area contributed by atoms with Crippen molar-refractivity contribution in [1.82, 2.24) is 4.98 Å². The number of fused-ring (bicyclic) bond motifs is 1. The molecule has 1 aliphatic rings. The molecular weight excluding hydrogens is 298 g/mol. The lowest BCUT2D eigenvalue weighted by Gasteiger charge is -2.05. The minimum atomic E-state index is -0.141. The molecule has 0 aliphatic carbocycles. The fourth-order valence-corrected chi connectivity index (χ4v) is 3.33. The van der Waals surface area contributed by atoms with E-state index in [2.05, 4.69) is 10.1 Å². The van der Waals surface area contributed by atoms with Gasteiger partial charge in [-0.3, -0.25) is 4.79 Å². The summed E-state index contributed by atoms with van der Waals surface area (Å²) in [6.45, 7) is 0. The lowest BCUT2D eigenvalue weighted by atomic mass is 10.1. The standard InChI is InChI=1S/C16H11N3O2S/c20-13-7-3-1-5-10(13)12-9-15(21)19(18-12)16-17-11-6-2-4-8-14(11)22-16/h1-8,20H,9H2. The Kier molecular flexibility index (Phi) is 2.90. The summed E-state index contributed by atoms with van der Waals surface area (Å²) in [4.78, 5) is 16.7. The number of amides is 1. The molecule has 0 unspecified atom stereocenters. The monoisotopic (exact) mass is 309 g/mol. The number of thiazole rings is 1. The second-order valence-electron chi connectivity index (χ2n) is 4.91. The first-order valence-corrected chi connectivity index (χ1v) is 7.58. The van der Waals surface area contributed by atoms with Crippen LogP contribution in [0.5, 0.6) is 5.75 Å².